The van der Waals surface area contributed by atoms with Crippen LogP contribution in [0.15, 0.2) is 54.7 Å². The summed E-state index contributed by atoms with van der Waals surface area (Å²) < 4.78 is 5.74. The molecule has 5 heteroatoms. The Morgan fingerprint density at radius 3 is 2.57 bits per heavy atom. The molecule has 0 atom stereocenters. The number of H-pyrrole nitrogens is 1. The maximum Gasteiger partial charge on any atom is 0.227 e. The van der Waals surface area contributed by atoms with Crippen molar-refractivity contribution in [1.29, 1.82) is 0 Å². The number of rotatable bonds is 6. The summed E-state index contributed by atoms with van der Waals surface area (Å²) in [6.45, 7) is 6.87. The minimum absolute atomic E-state index is 0.208. The van der Waals surface area contributed by atoms with Crippen LogP contribution in [0.4, 0.5) is 0 Å². The van der Waals surface area contributed by atoms with Gasteiger partial charge in [-0.15, -0.1) is 0 Å². The molecule has 146 valence electrons. The molecule has 1 fully saturated rings. The van der Waals surface area contributed by atoms with Crippen molar-refractivity contribution in [3.05, 3.63) is 65.9 Å². The molecule has 2 aromatic carbocycles. The molecule has 0 bridgehead atoms. The number of piperazine rings is 1. The van der Waals surface area contributed by atoms with Crippen LogP contribution < -0.4 is 4.74 Å². The highest BCUT2D eigenvalue weighted by Gasteiger charge is 2.22. The molecule has 2 heterocycles. The lowest BCUT2D eigenvalue weighted by Crippen LogP contribution is -2.48. The van der Waals surface area contributed by atoms with Gasteiger partial charge in [-0.25, -0.2) is 0 Å². The van der Waals surface area contributed by atoms with E-state index >= 15 is 0 Å². The van der Waals surface area contributed by atoms with Gasteiger partial charge in [0.05, 0.1) is 13.0 Å². The maximum absolute atomic E-state index is 12.8. The topological polar surface area (TPSA) is 48.6 Å². The van der Waals surface area contributed by atoms with Crippen LogP contribution in [0, 0.1) is 0 Å². The average Bonchev–Trinajstić information content (AvgIpc) is 3.13. The fraction of sp³-hybridized carbons (Fsp3) is 0.348. The van der Waals surface area contributed by atoms with E-state index in [0.29, 0.717) is 13.0 Å². The number of carbonyl (C=O) groups excluding carboxylic acids is 1. The van der Waals surface area contributed by atoms with Crippen molar-refractivity contribution in [2.45, 2.75) is 19.9 Å². The van der Waals surface area contributed by atoms with Gasteiger partial charge in [0, 0.05) is 55.4 Å². The molecule has 1 aliphatic heterocycles. The molecule has 5 nitrogen and oxygen atoms in total. The number of fused-ring (bicyclic) bond motifs is 1. The summed E-state index contributed by atoms with van der Waals surface area (Å²) in [6.07, 6.45) is 2.42. The lowest BCUT2D eigenvalue weighted by atomic mass is 10.1. The molecule has 1 aromatic heterocycles. The number of para-hydroxylation sites is 2. The van der Waals surface area contributed by atoms with Crippen LogP contribution in [0.2, 0.25) is 0 Å². The third-order valence-corrected chi connectivity index (χ3v) is 5.41. The molecule has 0 radical (unpaired) electrons. The van der Waals surface area contributed by atoms with Crippen LogP contribution in [0.3, 0.4) is 0 Å². The van der Waals surface area contributed by atoms with Crippen LogP contribution in [-0.4, -0.2) is 53.5 Å². The van der Waals surface area contributed by atoms with Gasteiger partial charge in [-0.1, -0.05) is 36.4 Å². The van der Waals surface area contributed by atoms with Crippen LogP contribution in [0.5, 0.6) is 5.75 Å². The van der Waals surface area contributed by atoms with E-state index in [0.717, 1.165) is 54.9 Å². The molecule has 3 aromatic rings. The second-order valence-corrected chi connectivity index (χ2v) is 7.23. The van der Waals surface area contributed by atoms with Gasteiger partial charge < -0.3 is 14.6 Å². The molecule has 0 unspecified atom stereocenters. The first-order valence-electron chi connectivity index (χ1n) is 10.0. The summed E-state index contributed by atoms with van der Waals surface area (Å²) in [4.78, 5) is 20.4. The van der Waals surface area contributed by atoms with Gasteiger partial charge in [-0.3, -0.25) is 9.69 Å². The fourth-order valence-electron chi connectivity index (χ4n) is 3.88. The third-order valence-electron chi connectivity index (χ3n) is 5.41. The molecule has 4 rings (SSSR count). The monoisotopic (exact) mass is 377 g/mol. The largest absolute Gasteiger partial charge is 0.494 e. The molecular weight excluding hydrogens is 350 g/mol. The van der Waals surface area contributed by atoms with E-state index in [1.807, 2.05) is 48.4 Å². The third kappa shape index (κ3) is 4.04. The molecule has 1 aliphatic rings. The SMILES string of the molecule is CCOc1ccccc1CN1CCN(C(=O)Cc2c[nH]c3ccccc23)CC1. The Bertz CT molecular complexity index is 942. The minimum Gasteiger partial charge on any atom is -0.494 e. The number of hydrogen-bond acceptors (Lipinski definition) is 3. The predicted molar refractivity (Wildman–Crippen MR) is 111 cm³/mol. The molecule has 1 amide bonds. The van der Waals surface area contributed by atoms with Gasteiger partial charge in [-0.05, 0) is 24.6 Å². The summed E-state index contributed by atoms with van der Waals surface area (Å²) >= 11 is 0. The van der Waals surface area contributed by atoms with Crippen LogP contribution in [0.25, 0.3) is 10.9 Å². The number of aromatic nitrogens is 1. The second-order valence-electron chi connectivity index (χ2n) is 7.23. The van der Waals surface area contributed by atoms with E-state index in [4.69, 9.17) is 4.74 Å². The van der Waals surface area contributed by atoms with Crippen molar-refractivity contribution in [3.63, 3.8) is 0 Å². The molecule has 1 N–H and O–H groups in total. The fourth-order valence-corrected chi connectivity index (χ4v) is 3.88. The van der Waals surface area contributed by atoms with Gasteiger partial charge in [-0.2, -0.15) is 0 Å². The first-order valence-corrected chi connectivity index (χ1v) is 10.0. The number of nitrogens with zero attached hydrogens (tertiary/aromatic N) is 2. The number of carbonyl (C=O) groups is 1. The maximum atomic E-state index is 12.8. The van der Waals surface area contributed by atoms with E-state index in [2.05, 4.69) is 28.1 Å². The van der Waals surface area contributed by atoms with Crippen LogP contribution in [-0.2, 0) is 17.8 Å². The smallest absolute Gasteiger partial charge is 0.227 e. The van der Waals surface area contributed by atoms with E-state index in [9.17, 15) is 4.79 Å². The van der Waals surface area contributed by atoms with Crippen molar-refractivity contribution in [2.24, 2.45) is 0 Å². The Hall–Kier alpha value is -2.79. The molecule has 28 heavy (non-hydrogen) atoms. The van der Waals surface area contributed by atoms with Crippen molar-refractivity contribution in [3.8, 4) is 5.75 Å². The van der Waals surface area contributed by atoms with Crippen LogP contribution in [0.1, 0.15) is 18.1 Å². The summed E-state index contributed by atoms with van der Waals surface area (Å²) in [5, 5.41) is 1.14. The highest BCUT2D eigenvalue weighted by Crippen LogP contribution is 2.22. The highest BCUT2D eigenvalue weighted by molar-refractivity contribution is 5.88. The number of ether oxygens (including phenoxy) is 1. The van der Waals surface area contributed by atoms with Gasteiger partial charge in [0.2, 0.25) is 5.91 Å². The van der Waals surface area contributed by atoms with E-state index < -0.39 is 0 Å². The average molecular weight is 377 g/mol. The summed E-state index contributed by atoms with van der Waals surface area (Å²) in [6, 6.07) is 16.4. The van der Waals surface area contributed by atoms with Gasteiger partial charge in [0.1, 0.15) is 5.75 Å². The van der Waals surface area contributed by atoms with E-state index in [-0.39, 0.29) is 5.91 Å². The summed E-state index contributed by atoms with van der Waals surface area (Å²) in [5.41, 5.74) is 3.37. The normalized spacial score (nSPS) is 15.1. The quantitative estimate of drug-likeness (QED) is 0.716. The van der Waals surface area contributed by atoms with Crippen molar-refractivity contribution in [2.75, 3.05) is 32.8 Å². The highest BCUT2D eigenvalue weighted by atomic mass is 16.5. The lowest BCUT2D eigenvalue weighted by Gasteiger charge is -2.35. The summed E-state index contributed by atoms with van der Waals surface area (Å²) in [5.74, 6) is 1.17. The standard InChI is InChI=1S/C23H27N3O2/c1-2-28-22-10-6-3-7-18(22)17-25-11-13-26(14-12-25)23(27)15-19-16-24-21-9-5-4-8-20(19)21/h3-10,16,24H,2,11-15,17H2,1H3. The van der Waals surface area contributed by atoms with Crippen molar-refractivity contribution >= 4 is 16.8 Å². The Balaban J connectivity index is 1.33. The molecule has 0 spiro atoms. The zero-order valence-corrected chi connectivity index (χ0v) is 16.4. The zero-order valence-electron chi connectivity index (χ0n) is 16.4. The zero-order chi connectivity index (χ0) is 19.3. The number of nitrogens with one attached hydrogen (secondary N) is 1. The first kappa shape index (κ1) is 18.6. The Morgan fingerprint density at radius 1 is 1.00 bits per heavy atom. The van der Waals surface area contributed by atoms with E-state index in [1.54, 1.807) is 0 Å². The molecule has 0 saturated carbocycles. The Morgan fingerprint density at radius 2 is 1.75 bits per heavy atom. The number of amides is 1. The number of benzene rings is 2. The van der Waals surface area contributed by atoms with Gasteiger partial charge in [0.15, 0.2) is 0 Å². The Labute approximate surface area is 165 Å². The molecule has 0 aliphatic carbocycles. The van der Waals surface area contributed by atoms with Crippen molar-refractivity contribution < 1.29 is 9.53 Å². The van der Waals surface area contributed by atoms with Gasteiger partial charge in [0.25, 0.3) is 0 Å². The summed E-state index contributed by atoms with van der Waals surface area (Å²) in [7, 11) is 0. The number of aromatic amines is 1. The number of hydrogen-bond donors (Lipinski definition) is 1. The van der Waals surface area contributed by atoms with Crippen LogP contribution >= 0.6 is 0 Å². The predicted octanol–water partition coefficient (Wildman–Crippen LogP) is 3.45. The minimum atomic E-state index is 0.208. The second kappa shape index (κ2) is 8.48. The Kier molecular flexibility index (Phi) is 5.63. The lowest BCUT2D eigenvalue weighted by molar-refractivity contribution is -0.132. The van der Waals surface area contributed by atoms with Crippen molar-refractivity contribution in [1.82, 2.24) is 14.8 Å². The molecular formula is C23H27N3O2. The van der Waals surface area contributed by atoms with Gasteiger partial charge >= 0.3 is 0 Å². The molecule has 1 saturated heterocycles. The van der Waals surface area contributed by atoms with E-state index in [1.165, 1.54) is 5.56 Å². The first-order chi connectivity index (χ1) is 13.7.